The number of hydrogen-bond acceptors (Lipinski definition) is 1. The molecule has 2 atom stereocenters. The molecule has 0 unspecified atom stereocenters. The largest absolute Gasteiger partial charge is 0.295 e. The minimum Gasteiger partial charge on any atom is -0.295 e. The van der Waals surface area contributed by atoms with Gasteiger partial charge in [0.25, 0.3) is 0 Å². The van der Waals surface area contributed by atoms with E-state index >= 15 is 0 Å². The molecule has 1 nitrogen and oxygen atoms in total. The van der Waals surface area contributed by atoms with Crippen LogP contribution in [0.15, 0.2) is 23.8 Å². The van der Waals surface area contributed by atoms with Crippen LogP contribution in [0.2, 0.25) is 0 Å². The third-order valence-corrected chi connectivity index (χ3v) is 3.36. The van der Waals surface area contributed by atoms with Crippen LogP contribution in [0, 0.1) is 11.3 Å². The van der Waals surface area contributed by atoms with Gasteiger partial charge in [0.2, 0.25) is 0 Å². The predicted molar refractivity (Wildman–Crippen MR) is 48.7 cm³/mol. The van der Waals surface area contributed by atoms with E-state index in [9.17, 15) is 4.79 Å². The van der Waals surface area contributed by atoms with Gasteiger partial charge in [0.1, 0.15) is 0 Å². The lowest BCUT2D eigenvalue weighted by molar-refractivity contribution is -0.116. The van der Waals surface area contributed by atoms with Gasteiger partial charge in [-0.05, 0) is 18.4 Å². The van der Waals surface area contributed by atoms with Gasteiger partial charge in [-0.25, -0.2) is 0 Å². The van der Waals surface area contributed by atoms with E-state index in [1.165, 1.54) is 5.57 Å². The van der Waals surface area contributed by atoms with Crippen molar-refractivity contribution in [3.8, 4) is 0 Å². The summed E-state index contributed by atoms with van der Waals surface area (Å²) in [6, 6.07) is 0. The van der Waals surface area contributed by atoms with Gasteiger partial charge in [0, 0.05) is 11.8 Å². The van der Waals surface area contributed by atoms with Crippen LogP contribution in [0.1, 0.15) is 26.7 Å². The molecule has 0 bridgehead atoms. The third kappa shape index (κ3) is 0.889. The first-order valence-corrected chi connectivity index (χ1v) is 4.54. The lowest BCUT2D eigenvalue weighted by Gasteiger charge is -2.34. The normalized spacial score (nSPS) is 39.7. The molecule has 0 N–H and O–H groups in total. The summed E-state index contributed by atoms with van der Waals surface area (Å²) < 4.78 is 0. The van der Waals surface area contributed by atoms with Crippen LogP contribution in [0.3, 0.4) is 0 Å². The van der Waals surface area contributed by atoms with E-state index in [0.717, 1.165) is 6.42 Å². The lowest BCUT2D eigenvalue weighted by Crippen LogP contribution is -2.29. The van der Waals surface area contributed by atoms with Crippen molar-refractivity contribution in [1.29, 1.82) is 0 Å². The Hall–Kier alpha value is -0.850. The van der Waals surface area contributed by atoms with E-state index in [2.05, 4.69) is 26.0 Å². The highest BCUT2D eigenvalue weighted by molar-refractivity contribution is 5.92. The molecule has 1 heteroatoms. The fraction of sp³-hybridized carbons (Fsp3) is 0.545. The number of ketones is 1. The summed E-state index contributed by atoms with van der Waals surface area (Å²) in [4.78, 5) is 11.3. The van der Waals surface area contributed by atoms with Gasteiger partial charge < -0.3 is 0 Å². The van der Waals surface area contributed by atoms with Crippen LogP contribution in [-0.4, -0.2) is 5.78 Å². The quantitative estimate of drug-likeness (QED) is 0.500. The number of fused-ring (bicyclic) bond motifs is 1. The molecule has 0 heterocycles. The fourth-order valence-corrected chi connectivity index (χ4v) is 2.22. The first-order chi connectivity index (χ1) is 5.63. The molecule has 0 amide bonds. The summed E-state index contributed by atoms with van der Waals surface area (Å²) in [6.07, 6.45) is 7.98. The van der Waals surface area contributed by atoms with Gasteiger partial charge in [-0.3, -0.25) is 4.79 Å². The molecule has 0 saturated carbocycles. The molecule has 2 aliphatic rings. The van der Waals surface area contributed by atoms with E-state index in [0.29, 0.717) is 18.1 Å². The maximum Gasteiger partial charge on any atom is 0.155 e. The molecular formula is C11H14O. The fourth-order valence-electron chi connectivity index (χ4n) is 2.22. The van der Waals surface area contributed by atoms with Gasteiger partial charge in [-0.15, -0.1) is 0 Å². The van der Waals surface area contributed by atoms with Crippen molar-refractivity contribution in [2.75, 3.05) is 0 Å². The standard InChI is InChI=1S/C11H14O/c1-8-6-10(12)7-9-4-3-5-11(8,9)2/h3,5,7-8H,4,6H2,1-2H3/t8-,11+/m1/s1. The second kappa shape index (κ2) is 2.32. The summed E-state index contributed by atoms with van der Waals surface area (Å²) in [5.74, 6) is 0.780. The van der Waals surface area contributed by atoms with Gasteiger partial charge in [-0.2, -0.15) is 0 Å². The molecule has 64 valence electrons. The molecule has 0 aliphatic heterocycles. The van der Waals surface area contributed by atoms with Crippen LogP contribution in [-0.2, 0) is 4.79 Å². The minimum atomic E-state index is 0.188. The second-order valence-corrected chi connectivity index (χ2v) is 4.13. The van der Waals surface area contributed by atoms with E-state index in [1.54, 1.807) is 0 Å². The Kier molecular flexibility index (Phi) is 1.50. The van der Waals surface area contributed by atoms with E-state index in [1.807, 2.05) is 6.08 Å². The smallest absolute Gasteiger partial charge is 0.155 e. The minimum absolute atomic E-state index is 0.188. The monoisotopic (exact) mass is 162 g/mol. The van der Waals surface area contributed by atoms with E-state index < -0.39 is 0 Å². The Morgan fingerprint density at radius 2 is 2.33 bits per heavy atom. The van der Waals surface area contributed by atoms with Crippen molar-refractivity contribution in [1.82, 2.24) is 0 Å². The molecule has 0 saturated heterocycles. The molecule has 0 spiro atoms. The Labute approximate surface area is 73.2 Å². The third-order valence-electron chi connectivity index (χ3n) is 3.36. The second-order valence-electron chi connectivity index (χ2n) is 4.13. The summed E-state index contributed by atoms with van der Waals surface area (Å²) >= 11 is 0. The lowest BCUT2D eigenvalue weighted by atomic mass is 9.69. The van der Waals surface area contributed by atoms with Crippen molar-refractivity contribution in [2.45, 2.75) is 26.7 Å². The summed E-state index contributed by atoms with van der Waals surface area (Å²) in [7, 11) is 0. The summed E-state index contributed by atoms with van der Waals surface area (Å²) in [5, 5.41) is 0. The average Bonchev–Trinajstić information content (AvgIpc) is 2.33. The van der Waals surface area contributed by atoms with Crippen molar-refractivity contribution < 1.29 is 4.79 Å². The zero-order valence-corrected chi connectivity index (χ0v) is 7.63. The molecule has 0 fully saturated rings. The first-order valence-electron chi connectivity index (χ1n) is 4.54. The molecule has 2 rings (SSSR count). The zero-order chi connectivity index (χ0) is 8.77. The van der Waals surface area contributed by atoms with Gasteiger partial charge in [0.15, 0.2) is 5.78 Å². The highest BCUT2D eigenvalue weighted by Crippen LogP contribution is 2.47. The number of carbonyl (C=O) groups is 1. The zero-order valence-electron chi connectivity index (χ0n) is 7.63. The number of allylic oxidation sites excluding steroid dienone is 4. The number of carbonyl (C=O) groups excluding carboxylic acids is 1. The van der Waals surface area contributed by atoms with Crippen molar-refractivity contribution in [2.24, 2.45) is 11.3 Å². The number of hydrogen-bond donors (Lipinski definition) is 0. The van der Waals surface area contributed by atoms with Crippen molar-refractivity contribution in [3.63, 3.8) is 0 Å². The predicted octanol–water partition coefficient (Wildman–Crippen LogP) is 2.49. The number of rotatable bonds is 0. The highest BCUT2D eigenvalue weighted by atomic mass is 16.1. The van der Waals surface area contributed by atoms with Gasteiger partial charge in [-0.1, -0.05) is 31.6 Å². The maximum absolute atomic E-state index is 11.3. The van der Waals surface area contributed by atoms with Crippen LogP contribution in [0.25, 0.3) is 0 Å². The summed E-state index contributed by atoms with van der Waals surface area (Å²) in [5.41, 5.74) is 1.50. The Morgan fingerprint density at radius 3 is 3.08 bits per heavy atom. The SMILES string of the molecule is C[C@@H]1CC(=O)C=C2CC=C[C@]21C. The molecule has 12 heavy (non-hydrogen) atoms. The first kappa shape index (κ1) is 7.78. The Morgan fingerprint density at radius 1 is 1.58 bits per heavy atom. The van der Waals surface area contributed by atoms with Crippen molar-refractivity contribution >= 4 is 5.78 Å². The van der Waals surface area contributed by atoms with Crippen LogP contribution < -0.4 is 0 Å². The van der Waals surface area contributed by atoms with Crippen LogP contribution >= 0.6 is 0 Å². The molecule has 0 aromatic carbocycles. The summed E-state index contributed by atoms with van der Waals surface area (Å²) in [6.45, 7) is 4.40. The molecule has 0 aromatic heterocycles. The van der Waals surface area contributed by atoms with Crippen LogP contribution in [0.4, 0.5) is 0 Å². The highest BCUT2D eigenvalue weighted by Gasteiger charge is 2.38. The molecule has 2 aliphatic carbocycles. The topological polar surface area (TPSA) is 17.1 Å². The van der Waals surface area contributed by atoms with E-state index in [-0.39, 0.29) is 5.41 Å². The van der Waals surface area contributed by atoms with E-state index in [4.69, 9.17) is 0 Å². The molecule has 0 radical (unpaired) electrons. The Bertz CT molecular complexity index is 285. The van der Waals surface area contributed by atoms with Gasteiger partial charge in [0.05, 0.1) is 0 Å². The van der Waals surface area contributed by atoms with Gasteiger partial charge >= 0.3 is 0 Å². The molecule has 0 aromatic rings. The van der Waals surface area contributed by atoms with Crippen molar-refractivity contribution in [3.05, 3.63) is 23.8 Å². The Balaban J connectivity index is 2.45. The van der Waals surface area contributed by atoms with Crippen LogP contribution in [0.5, 0.6) is 0 Å². The average molecular weight is 162 g/mol. The maximum atomic E-state index is 11.3. The molecular weight excluding hydrogens is 148 g/mol.